The summed E-state index contributed by atoms with van der Waals surface area (Å²) in [7, 11) is 0. The Bertz CT molecular complexity index is 1060. The zero-order valence-electron chi connectivity index (χ0n) is 15.5. The standard InChI is InChI=1S/C20H15F6N3O/c1-10(19(21,22)23)28-16-12-5-4-11(20(24,25)26)9-14(12)18(17(30)29-16)7-6-15-13(18)3-2-8-27-15/h2-5,8-10H,6-7H2,1H3,(H,28,29,30)/t10-,18+/m0/s1. The third-order valence-electron chi connectivity index (χ3n) is 5.56. The van der Waals surface area contributed by atoms with Crippen LogP contribution in [-0.2, 0) is 22.8 Å². The summed E-state index contributed by atoms with van der Waals surface area (Å²) in [6.07, 6.45) is -7.32. The average molecular weight is 427 g/mol. The summed E-state index contributed by atoms with van der Waals surface area (Å²) in [6, 6.07) is 3.71. The van der Waals surface area contributed by atoms with Gasteiger partial charge < -0.3 is 5.32 Å². The van der Waals surface area contributed by atoms with Crippen molar-refractivity contribution >= 4 is 11.7 Å². The summed E-state index contributed by atoms with van der Waals surface area (Å²) >= 11 is 0. The smallest absolute Gasteiger partial charge is 0.309 e. The van der Waals surface area contributed by atoms with E-state index in [0.717, 1.165) is 25.1 Å². The summed E-state index contributed by atoms with van der Waals surface area (Å²) < 4.78 is 79.2. The number of aliphatic imine (C=N–C) groups is 1. The lowest BCUT2D eigenvalue weighted by molar-refractivity contribution is -0.143. The number of aryl methyl sites for hydroxylation is 1. The van der Waals surface area contributed by atoms with Crippen LogP contribution >= 0.6 is 0 Å². The first kappa shape index (κ1) is 20.4. The van der Waals surface area contributed by atoms with E-state index in [1.807, 2.05) is 0 Å². The number of hydrogen-bond donors (Lipinski definition) is 1. The zero-order valence-corrected chi connectivity index (χ0v) is 15.5. The van der Waals surface area contributed by atoms with Crippen LogP contribution in [0, 0.1) is 0 Å². The molecular weight excluding hydrogens is 412 g/mol. The van der Waals surface area contributed by atoms with Gasteiger partial charge >= 0.3 is 12.4 Å². The number of amides is 1. The summed E-state index contributed by atoms with van der Waals surface area (Å²) in [6.45, 7) is 0.808. The Balaban J connectivity index is 1.98. The van der Waals surface area contributed by atoms with Gasteiger partial charge in [-0.05, 0) is 49.1 Å². The van der Waals surface area contributed by atoms with Crippen LogP contribution in [0.5, 0.6) is 0 Å². The van der Waals surface area contributed by atoms with Crippen LogP contribution in [0.25, 0.3) is 0 Å². The van der Waals surface area contributed by atoms with Crippen molar-refractivity contribution in [1.29, 1.82) is 0 Å². The van der Waals surface area contributed by atoms with E-state index in [-0.39, 0.29) is 17.5 Å². The maximum Gasteiger partial charge on any atom is 0.416 e. The average Bonchev–Trinajstić information content (AvgIpc) is 3.05. The first-order chi connectivity index (χ1) is 13.9. The molecule has 0 radical (unpaired) electrons. The SMILES string of the molecule is C[C@H](N=C1NC(=O)[C@@]2(CCc3ncccc32)c2cc(C(F)(F)F)ccc21)C(F)(F)F. The topological polar surface area (TPSA) is 54.4 Å². The lowest BCUT2D eigenvalue weighted by atomic mass is 9.70. The lowest BCUT2D eigenvalue weighted by Crippen LogP contribution is -2.52. The molecule has 1 aliphatic heterocycles. The van der Waals surface area contributed by atoms with Gasteiger partial charge in [-0.25, -0.2) is 0 Å². The number of carbonyl (C=O) groups excluding carboxylic acids is 1. The molecule has 0 fully saturated rings. The van der Waals surface area contributed by atoms with Crippen LogP contribution in [0.1, 0.15) is 41.3 Å². The molecular formula is C20H15F6N3O. The van der Waals surface area contributed by atoms with Gasteiger partial charge in [-0.1, -0.05) is 12.1 Å². The van der Waals surface area contributed by atoms with Crippen molar-refractivity contribution in [1.82, 2.24) is 10.3 Å². The molecule has 4 rings (SSSR count). The Hall–Kier alpha value is -2.91. The molecule has 2 aliphatic rings. The van der Waals surface area contributed by atoms with E-state index in [0.29, 0.717) is 17.7 Å². The monoisotopic (exact) mass is 427 g/mol. The van der Waals surface area contributed by atoms with Gasteiger partial charge in [0.25, 0.3) is 0 Å². The van der Waals surface area contributed by atoms with E-state index in [1.165, 1.54) is 6.20 Å². The van der Waals surface area contributed by atoms with E-state index in [1.54, 1.807) is 12.1 Å². The van der Waals surface area contributed by atoms with Crippen LogP contribution in [0.15, 0.2) is 41.5 Å². The van der Waals surface area contributed by atoms with Gasteiger partial charge in [0, 0.05) is 17.5 Å². The maximum absolute atomic E-state index is 13.4. The van der Waals surface area contributed by atoms with Crippen LogP contribution in [0.4, 0.5) is 26.3 Å². The number of carbonyl (C=O) groups is 1. The van der Waals surface area contributed by atoms with Crippen molar-refractivity contribution in [3.63, 3.8) is 0 Å². The molecule has 10 heteroatoms. The Morgan fingerprint density at radius 1 is 1.13 bits per heavy atom. The minimum atomic E-state index is -4.68. The number of alkyl halides is 6. The van der Waals surface area contributed by atoms with E-state index < -0.39 is 41.1 Å². The molecule has 30 heavy (non-hydrogen) atoms. The molecule has 0 bridgehead atoms. The number of benzene rings is 1. The second-order valence-electron chi connectivity index (χ2n) is 7.31. The summed E-state index contributed by atoms with van der Waals surface area (Å²) in [5, 5.41) is 2.41. The highest BCUT2D eigenvalue weighted by Crippen LogP contribution is 2.48. The molecule has 2 heterocycles. The summed E-state index contributed by atoms with van der Waals surface area (Å²) in [5.74, 6) is -1.11. The number of hydrogen-bond acceptors (Lipinski definition) is 3. The minimum absolute atomic E-state index is 0.0130. The fourth-order valence-electron chi connectivity index (χ4n) is 4.03. The molecule has 4 nitrogen and oxygen atoms in total. The molecule has 158 valence electrons. The van der Waals surface area contributed by atoms with E-state index in [2.05, 4.69) is 15.3 Å². The van der Waals surface area contributed by atoms with Crippen LogP contribution in [0.3, 0.4) is 0 Å². The number of amidine groups is 1. The number of fused-ring (bicyclic) bond motifs is 4. The second kappa shape index (κ2) is 6.55. The normalized spacial score (nSPS) is 23.3. The van der Waals surface area contributed by atoms with Gasteiger partial charge in [0.15, 0.2) is 0 Å². The highest BCUT2D eigenvalue weighted by molar-refractivity contribution is 6.17. The quantitative estimate of drug-likeness (QED) is 0.695. The third kappa shape index (κ3) is 3.05. The van der Waals surface area contributed by atoms with Crippen LogP contribution in [-0.4, -0.2) is 28.9 Å². The number of aromatic nitrogens is 1. The molecule has 1 aliphatic carbocycles. The van der Waals surface area contributed by atoms with Crippen molar-refractivity contribution in [3.05, 3.63) is 64.5 Å². The fraction of sp³-hybridized carbons (Fsp3) is 0.350. The Kier molecular flexibility index (Phi) is 4.44. The molecule has 1 aromatic carbocycles. The maximum atomic E-state index is 13.4. The van der Waals surface area contributed by atoms with Gasteiger partial charge in [0.2, 0.25) is 5.91 Å². The van der Waals surface area contributed by atoms with Crippen molar-refractivity contribution in [2.24, 2.45) is 4.99 Å². The van der Waals surface area contributed by atoms with E-state index >= 15 is 0 Å². The predicted octanol–water partition coefficient (Wildman–Crippen LogP) is 4.16. The Morgan fingerprint density at radius 3 is 2.53 bits per heavy atom. The number of halogens is 6. The molecule has 0 saturated carbocycles. The lowest BCUT2D eigenvalue weighted by Gasteiger charge is -2.36. The van der Waals surface area contributed by atoms with Gasteiger partial charge in [0.1, 0.15) is 17.3 Å². The zero-order chi connectivity index (χ0) is 21.9. The molecule has 2 aromatic rings. The highest BCUT2D eigenvalue weighted by Gasteiger charge is 2.52. The summed E-state index contributed by atoms with van der Waals surface area (Å²) in [4.78, 5) is 20.9. The third-order valence-corrected chi connectivity index (χ3v) is 5.56. The molecule has 1 spiro atoms. The van der Waals surface area contributed by atoms with Gasteiger partial charge in [0.05, 0.1) is 5.56 Å². The molecule has 1 aromatic heterocycles. The number of pyridine rings is 1. The first-order valence-corrected chi connectivity index (χ1v) is 9.07. The van der Waals surface area contributed by atoms with Crippen LogP contribution in [0.2, 0.25) is 0 Å². The second-order valence-corrected chi connectivity index (χ2v) is 7.31. The fourth-order valence-corrected chi connectivity index (χ4v) is 4.03. The number of nitrogens with one attached hydrogen (secondary N) is 1. The number of rotatable bonds is 1. The van der Waals surface area contributed by atoms with Crippen molar-refractivity contribution in [2.45, 2.75) is 43.6 Å². The van der Waals surface area contributed by atoms with Gasteiger partial charge in [-0.15, -0.1) is 0 Å². The number of nitrogens with zero attached hydrogens (tertiary/aromatic N) is 2. The highest BCUT2D eigenvalue weighted by atomic mass is 19.4. The van der Waals surface area contributed by atoms with Crippen molar-refractivity contribution < 1.29 is 31.1 Å². The van der Waals surface area contributed by atoms with Gasteiger partial charge in [-0.2, -0.15) is 26.3 Å². The van der Waals surface area contributed by atoms with Crippen molar-refractivity contribution in [2.75, 3.05) is 0 Å². The molecule has 0 saturated heterocycles. The van der Waals surface area contributed by atoms with E-state index in [4.69, 9.17) is 0 Å². The van der Waals surface area contributed by atoms with Crippen LogP contribution < -0.4 is 5.32 Å². The Labute approximate surface area is 167 Å². The van der Waals surface area contributed by atoms with Gasteiger partial charge in [-0.3, -0.25) is 14.8 Å². The van der Waals surface area contributed by atoms with Crippen molar-refractivity contribution in [3.8, 4) is 0 Å². The molecule has 1 amide bonds. The molecule has 1 N–H and O–H groups in total. The molecule has 0 unspecified atom stereocenters. The Morgan fingerprint density at radius 2 is 1.87 bits per heavy atom. The largest absolute Gasteiger partial charge is 0.416 e. The predicted molar refractivity (Wildman–Crippen MR) is 95.0 cm³/mol. The molecule has 2 atom stereocenters. The summed E-state index contributed by atoms with van der Waals surface area (Å²) in [5.41, 5.74) is -1.42. The minimum Gasteiger partial charge on any atom is -0.309 e. The first-order valence-electron chi connectivity index (χ1n) is 9.07. The van der Waals surface area contributed by atoms with E-state index in [9.17, 15) is 31.1 Å².